The number of rotatable bonds is 47. The second-order valence-corrected chi connectivity index (χ2v) is 38.8. The summed E-state index contributed by atoms with van der Waals surface area (Å²) in [6.07, 6.45) is -17.0. The lowest BCUT2D eigenvalue weighted by atomic mass is 9.80. The summed E-state index contributed by atoms with van der Waals surface area (Å²) in [6.45, 7) is 59.1. The van der Waals surface area contributed by atoms with E-state index in [9.17, 15) is 80.8 Å². The van der Waals surface area contributed by atoms with E-state index in [1.165, 1.54) is 35.0 Å². The van der Waals surface area contributed by atoms with E-state index in [0.717, 1.165) is 0 Å². The second kappa shape index (κ2) is 71.5. The molecule has 33 atom stereocenters. The predicted octanol–water partition coefficient (Wildman–Crippen LogP) is 2.23. The summed E-state index contributed by atoms with van der Waals surface area (Å²) in [4.78, 5) is 33.5. The van der Waals surface area contributed by atoms with Crippen LogP contribution in [0.2, 0.25) is 0 Å². The first-order chi connectivity index (χ1) is 62.9. The number of aliphatic hydroxyl groups is 18. The van der Waals surface area contributed by atoms with Gasteiger partial charge in [-0.15, -0.1) is 0 Å². The molecular formula is C96H197N3O37. The SMILES string of the molecule is CC(C)O[C@@H]1C(C)C(C)(C)OC(CO)[C@@H]1O.CC(C)O[C@@H]1C(CO)OC(C)C(O)[C@H]1O.CCC(NC(C)=O)[C@@H](OC(C)C)[C@@H](O)C(O)CO.CCC(NC(C)=O)[C@@H](OC(C)C)[C@H](OC)C(O)CO.CCC(NC(C)=O)[C@@H](OC)[C@H](OC(C)C)C(O)CO.CCC(O)[C@@H](O)[C@H](OC(C)C)C(O)CO.CO[C@@H]1C(C)C(C)(C)OC(CO)[C@H]1OC(C)C.CO[C@@H]1C(CO)OC(C)(C)C(C)[C@H]1OC(C)C. The van der Waals surface area contributed by atoms with E-state index >= 15 is 0 Å². The first-order valence-corrected chi connectivity index (χ1v) is 48.5. The van der Waals surface area contributed by atoms with Crippen LogP contribution >= 0.6 is 0 Å². The molecule has 17 unspecified atom stereocenters. The Balaban J connectivity index is -0.000000733. The first-order valence-electron chi connectivity index (χ1n) is 48.5. The summed E-state index contributed by atoms with van der Waals surface area (Å²) < 4.78 is 89.7. The molecule has 4 aliphatic heterocycles. The van der Waals surface area contributed by atoms with Crippen molar-refractivity contribution >= 4 is 17.7 Å². The number of ether oxygens (including phenoxy) is 16. The summed E-state index contributed by atoms with van der Waals surface area (Å²) >= 11 is 0. The van der Waals surface area contributed by atoms with E-state index < -0.39 is 160 Å². The van der Waals surface area contributed by atoms with Crippen LogP contribution in [0.5, 0.6) is 0 Å². The van der Waals surface area contributed by atoms with Crippen LogP contribution in [0, 0.1) is 17.8 Å². The second-order valence-electron chi connectivity index (χ2n) is 38.8. The van der Waals surface area contributed by atoms with Crippen LogP contribution in [0.4, 0.5) is 0 Å². The Hall–Kier alpha value is -2.95. The molecule has 0 spiro atoms. The molecule has 136 heavy (non-hydrogen) atoms. The van der Waals surface area contributed by atoms with E-state index in [0.29, 0.717) is 25.7 Å². The number of carbonyl (C=O) groups is 3. The Morgan fingerprint density at radius 3 is 0.949 bits per heavy atom. The summed E-state index contributed by atoms with van der Waals surface area (Å²) in [6, 6.07) is -0.986. The molecule has 40 heteroatoms. The van der Waals surface area contributed by atoms with Crippen molar-refractivity contribution in [2.45, 2.75) is 503 Å². The van der Waals surface area contributed by atoms with Gasteiger partial charge in [0.05, 0.1) is 167 Å². The average molecular weight is 1990 g/mol. The minimum atomic E-state index is -1.29. The van der Waals surface area contributed by atoms with E-state index in [1.807, 2.05) is 152 Å². The zero-order valence-electron chi connectivity index (χ0n) is 89.5. The van der Waals surface area contributed by atoms with E-state index in [1.54, 1.807) is 55.8 Å². The maximum absolute atomic E-state index is 11.2. The Morgan fingerprint density at radius 1 is 0.316 bits per heavy atom. The number of nitrogens with one attached hydrogen (secondary N) is 3. The van der Waals surface area contributed by atoms with Crippen LogP contribution in [0.3, 0.4) is 0 Å². The van der Waals surface area contributed by atoms with E-state index in [4.69, 9.17) is 101 Å². The van der Waals surface area contributed by atoms with Crippen LogP contribution in [0.15, 0.2) is 0 Å². The highest BCUT2D eigenvalue weighted by Crippen LogP contribution is 2.40. The number of hydrogen-bond acceptors (Lipinski definition) is 37. The average Bonchev–Trinajstić information content (AvgIpc) is 0.764. The van der Waals surface area contributed by atoms with Crippen LogP contribution < -0.4 is 16.0 Å². The van der Waals surface area contributed by atoms with Crippen molar-refractivity contribution in [2.24, 2.45) is 17.8 Å². The highest BCUT2D eigenvalue weighted by molar-refractivity contribution is 5.74. The summed E-state index contributed by atoms with van der Waals surface area (Å²) in [5, 5.41) is 178. The maximum Gasteiger partial charge on any atom is 0.217 e. The number of methoxy groups -OCH3 is 4. The molecule has 4 rings (SSSR count). The van der Waals surface area contributed by atoms with Crippen LogP contribution in [0.25, 0.3) is 0 Å². The fourth-order valence-electron chi connectivity index (χ4n) is 15.7. The predicted molar refractivity (Wildman–Crippen MR) is 513 cm³/mol. The lowest BCUT2D eigenvalue weighted by molar-refractivity contribution is -0.262. The molecule has 818 valence electrons. The maximum atomic E-state index is 11.2. The minimum absolute atomic E-state index is 0.0482. The highest BCUT2D eigenvalue weighted by atomic mass is 16.6. The van der Waals surface area contributed by atoms with Crippen molar-refractivity contribution in [2.75, 3.05) is 81.3 Å². The molecule has 4 saturated heterocycles. The van der Waals surface area contributed by atoms with Gasteiger partial charge in [-0.05, 0) is 185 Å². The minimum Gasteiger partial charge on any atom is -0.394 e. The van der Waals surface area contributed by atoms with E-state index in [2.05, 4.69) is 29.8 Å². The van der Waals surface area contributed by atoms with Crippen molar-refractivity contribution in [3.63, 3.8) is 0 Å². The molecule has 0 saturated carbocycles. The fraction of sp³-hybridized carbons (Fsp3) is 0.969. The molecule has 3 amide bonds. The van der Waals surface area contributed by atoms with Gasteiger partial charge in [0.15, 0.2) is 0 Å². The quantitative estimate of drug-likeness (QED) is 0.0415. The lowest BCUT2D eigenvalue weighted by Gasteiger charge is -2.49. The summed E-state index contributed by atoms with van der Waals surface area (Å²) in [5.41, 5.74) is -1.03. The van der Waals surface area contributed by atoms with Crippen molar-refractivity contribution in [3.8, 4) is 0 Å². The highest BCUT2D eigenvalue weighted by Gasteiger charge is 2.52. The smallest absolute Gasteiger partial charge is 0.217 e. The molecule has 0 radical (unpaired) electrons. The fourth-order valence-corrected chi connectivity index (χ4v) is 15.7. The number of aliphatic hydroxyl groups excluding tert-OH is 18. The summed E-state index contributed by atoms with van der Waals surface area (Å²) in [7, 11) is 6.27. The Morgan fingerprint density at radius 2 is 0.610 bits per heavy atom. The third kappa shape index (κ3) is 50.2. The van der Waals surface area contributed by atoms with Crippen molar-refractivity contribution in [1.82, 2.24) is 16.0 Å². The third-order valence-corrected chi connectivity index (χ3v) is 23.5. The van der Waals surface area contributed by atoms with E-state index in [-0.39, 0.29) is 177 Å². The van der Waals surface area contributed by atoms with Gasteiger partial charge < -0.3 is 184 Å². The van der Waals surface area contributed by atoms with Gasteiger partial charge in [0, 0.05) is 67.0 Å². The van der Waals surface area contributed by atoms with Crippen LogP contribution in [0.1, 0.15) is 254 Å². The molecular weight excluding hydrogens is 1790 g/mol. The third-order valence-electron chi connectivity index (χ3n) is 23.5. The van der Waals surface area contributed by atoms with Gasteiger partial charge in [0.1, 0.15) is 134 Å². The number of carbonyl (C=O) groups excluding carboxylic acids is 3. The Kier molecular flexibility index (Phi) is 73.3. The van der Waals surface area contributed by atoms with Crippen molar-refractivity contribution in [1.29, 1.82) is 0 Å². The first kappa shape index (κ1) is 139. The molecule has 0 aliphatic carbocycles. The Bertz CT molecular complexity index is 2960. The van der Waals surface area contributed by atoms with Crippen molar-refractivity contribution < 1.29 is 182 Å². The molecule has 0 aromatic rings. The normalized spacial score (nSPS) is 28.2. The molecule has 0 bridgehead atoms. The standard InChI is InChI=1S/2C13H27NO5.2C13H26O4.C12H25NO5.C12H24O4.C10H20O5.C10H22O5/c1-6-10(14-9(4)16)12(19-8(2)3)13(18-5)11(17)7-15;1-6-10(14-9(4)16)12(18-5)13(11(17)7-15)19-8(2)3;1-8(2)16-11-9(3)13(4,5)17-10(7-14)12(11)15-6;1-8(2)16-12-10(7-14)17-13(4,5)9(3)11(12)15-6;1-5-9(13-8(4)15)12(18-7(2)3)11(17)10(16)6-14;1-7(2)15-11-8(3)12(4,5)16-9(6-13)10(11)14;1-5(2)14-10-7(4-11)15-6(3)8(12)9(10)13;1-4-7(12)9(14)10(8(13)5-11)15-6(2)3/h2*8,10-13,15,17H,6-7H2,1-5H3,(H,14,16);2*8-12,14H,7H2,1-6H3;7,9-12,14,16-17H,5-6H2,1-4H3,(H,13,15);7-11,13-14H,6H2,1-5H3;5-13H,4H2,1-3H3;6-14H,4-5H2,1-3H3/t2*10?,11?,12-,13-;2*9?,10?,11-,12-;9?,10?,11-,12+;8?,9?,10-,11+;6?,7?,8?,9-,10-;7?,8?,9-,10-/m11110011/s1. The van der Waals surface area contributed by atoms with Crippen molar-refractivity contribution in [3.05, 3.63) is 0 Å². The van der Waals surface area contributed by atoms with Gasteiger partial charge in [-0.25, -0.2) is 0 Å². The molecule has 4 aliphatic rings. The lowest BCUT2D eigenvalue weighted by Crippen LogP contribution is -2.60. The molecule has 4 heterocycles. The molecule has 4 fully saturated rings. The number of hydrogen-bond donors (Lipinski definition) is 21. The van der Waals surface area contributed by atoms with Gasteiger partial charge in [0.25, 0.3) is 0 Å². The Labute approximate surface area is 814 Å². The van der Waals surface area contributed by atoms with Crippen LogP contribution in [-0.2, 0) is 90.2 Å². The van der Waals surface area contributed by atoms with Gasteiger partial charge in [-0.3, -0.25) is 14.4 Å². The molecule has 0 aromatic carbocycles. The van der Waals surface area contributed by atoms with Gasteiger partial charge in [-0.2, -0.15) is 0 Å². The summed E-state index contributed by atoms with van der Waals surface area (Å²) in [5.74, 6) is -0.0810. The number of amides is 3. The van der Waals surface area contributed by atoms with Crippen LogP contribution in [-0.4, -0.2) is 440 Å². The van der Waals surface area contributed by atoms with Gasteiger partial charge in [-0.1, -0.05) is 48.5 Å². The van der Waals surface area contributed by atoms with Gasteiger partial charge in [0.2, 0.25) is 17.7 Å². The monoisotopic (exact) mass is 1980 g/mol. The zero-order chi connectivity index (χ0) is 107. The molecule has 40 nitrogen and oxygen atoms in total. The van der Waals surface area contributed by atoms with Gasteiger partial charge >= 0.3 is 0 Å². The molecule has 0 aromatic heterocycles. The zero-order valence-corrected chi connectivity index (χ0v) is 89.5. The largest absolute Gasteiger partial charge is 0.394 e. The molecule has 21 N–H and O–H groups in total. The topological polar surface area (TPSA) is 599 Å².